The van der Waals surface area contributed by atoms with E-state index >= 15 is 0 Å². The fourth-order valence-electron chi connectivity index (χ4n) is 3.96. The van der Waals surface area contributed by atoms with Crippen LogP contribution in [0.4, 0.5) is 10.5 Å². The highest BCUT2D eigenvalue weighted by Gasteiger charge is 2.32. The Morgan fingerprint density at radius 1 is 0.903 bits per heavy atom. The van der Waals surface area contributed by atoms with Crippen LogP contribution < -0.4 is 10.6 Å². The Labute approximate surface area is 184 Å². The molecule has 0 radical (unpaired) electrons. The average Bonchev–Trinajstić information content (AvgIpc) is 3.02. The van der Waals surface area contributed by atoms with Crippen molar-refractivity contribution in [1.82, 2.24) is 18.8 Å². The van der Waals surface area contributed by atoms with E-state index in [-0.39, 0.29) is 6.54 Å². The van der Waals surface area contributed by atoms with E-state index in [0.29, 0.717) is 45.0 Å². The number of nitrogens with zero attached hydrogens (tertiary/aromatic N) is 3. The summed E-state index contributed by atoms with van der Waals surface area (Å²) >= 11 is 0. The molecule has 1 aromatic carbocycles. The van der Waals surface area contributed by atoms with Gasteiger partial charge in [0.25, 0.3) is 10.2 Å². The predicted molar refractivity (Wildman–Crippen MR) is 120 cm³/mol. The predicted octanol–water partition coefficient (Wildman–Crippen LogP) is 1.69. The zero-order valence-corrected chi connectivity index (χ0v) is 19.2. The number of hydrogen-bond donors (Lipinski definition) is 2. The van der Waals surface area contributed by atoms with Crippen molar-refractivity contribution in [2.75, 3.05) is 51.1 Å². The Bertz CT molecular complexity index is 889. The number of aryl methyl sites for hydroxylation is 1. The third-order valence-electron chi connectivity index (χ3n) is 6.02. The number of amides is 3. The van der Waals surface area contributed by atoms with E-state index in [1.165, 1.54) is 4.31 Å². The number of benzene rings is 1. The summed E-state index contributed by atoms with van der Waals surface area (Å²) in [5, 5.41) is 5.06. The van der Waals surface area contributed by atoms with Gasteiger partial charge in [-0.05, 0) is 43.9 Å². The Balaban J connectivity index is 1.45. The highest BCUT2D eigenvalue weighted by atomic mass is 32.2. The van der Waals surface area contributed by atoms with E-state index < -0.39 is 22.1 Å². The molecule has 0 aromatic heterocycles. The monoisotopic (exact) mass is 451 g/mol. The van der Waals surface area contributed by atoms with Gasteiger partial charge in [-0.15, -0.1) is 0 Å². The lowest BCUT2D eigenvalue weighted by atomic mass is 10.1. The minimum Gasteiger partial charge on any atom is -0.307 e. The largest absolute Gasteiger partial charge is 0.325 e. The summed E-state index contributed by atoms with van der Waals surface area (Å²) in [5.74, 6) is -0.411. The molecule has 0 atom stereocenters. The fourth-order valence-corrected chi connectivity index (χ4v) is 5.63. The van der Waals surface area contributed by atoms with Crippen LogP contribution in [-0.4, -0.2) is 79.7 Å². The number of anilines is 1. The Morgan fingerprint density at radius 2 is 1.52 bits per heavy atom. The Morgan fingerprint density at radius 3 is 2.16 bits per heavy atom. The SMILES string of the molecule is Cc1cccc(NC(=O)NC(=O)CN2CCN(S(=O)(=O)N3CCCCCC3)CC2)c1C. The van der Waals surface area contributed by atoms with E-state index in [1.807, 2.05) is 30.9 Å². The molecule has 2 aliphatic heterocycles. The van der Waals surface area contributed by atoms with Gasteiger partial charge in [-0.2, -0.15) is 17.0 Å². The summed E-state index contributed by atoms with van der Waals surface area (Å²) in [4.78, 5) is 26.3. The number of piperazine rings is 1. The van der Waals surface area contributed by atoms with Crippen LogP contribution in [0.5, 0.6) is 0 Å². The normalized spacial score (nSPS) is 19.5. The fraction of sp³-hybridized carbons (Fsp3) is 0.619. The van der Waals surface area contributed by atoms with Crippen molar-refractivity contribution in [2.24, 2.45) is 0 Å². The van der Waals surface area contributed by atoms with Gasteiger partial charge in [-0.3, -0.25) is 15.0 Å². The lowest BCUT2D eigenvalue weighted by Crippen LogP contribution is -2.54. The quantitative estimate of drug-likeness (QED) is 0.709. The van der Waals surface area contributed by atoms with Crippen molar-refractivity contribution >= 4 is 27.8 Å². The second kappa shape index (κ2) is 10.5. The van der Waals surface area contributed by atoms with Crippen LogP contribution in [-0.2, 0) is 15.0 Å². The van der Waals surface area contributed by atoms with Crippen LogP contribution in [0.1, 0.15) is 36.8 Å². The van der Waals surface area contributed by atoms with E-state index in [0.717, 1.165) is 36.8 Å². The molecule has 0 aliphatic carbocycles. The van der Waals surface area contributed by atoms with Gasteiger partial charge in [0.1, 0.15) is 0 Å². The smallest absolute Gasteiger partial charge is 0.307 e. The summed E-state index contributed by atoms with van der Waals surface area (Å²) in [6.07, 6.45) is 3.96. The van der Waals surface area contributed by atoms with Gasteiger partial charge in [0.05, 0.1) is 6.54 Å². The van der Waals surface area contributed by atoms with E-state index in [4.69, 9.17) is 0 Å². The van der Waals surface area contributed by atoms with Crippen LogP contribution >= 0.6 is 0 Å². The first-order chi connectivity index (χ1) is 14.8. The molecule has 1 aromatic rings. The molecule has 172 valence electrons. The first-order valence-electron chi connectivity index (χ1n) is 10.9. The molecule has 31 heavy (non-hydrogen) atoms. The topological polar surface area (TPSA) is 102 Å². The molecule has 0 spiro atoms. The summed E-state index contributed by atoms with van der Waals surface area (Å²) < 4.78 is 28.9. The third-order valence-corrected chi connectivity index (χ3v) is 8.06. The van der Waals surface area contributed by atoms with Crippen LogP contribution in [0.3, 0.4) is 0 Å². The first kappa shape index (κ1) is 23.6. The van der Waals surface area contributed by atoms with Gasteiger partial charge in [0, 0.05) is 45.0 Å². The summed E-state index contributed by atoms with van der Waals surface area (Å²) in [5.41, 5.74) is 2.67. The molecule has 2 fully saturated rings. The van der Waals surface area contributed by atoms with Crippen molar-refractivity contribution in [1.29, 1.82) is 0 Å². The molecule has 0 unspecified atom stereocenters. The summed E-state index contributed by atoms with van der Waals surface area (Å²) in [7, 11) is -3.45. The third kappa shape index (κ3) is 6.25. The number of hydrogen-bond acceptors (Lipinski definition) is 5. The zero-order chi connectivity index (χ0) is 22.4. The zero-order valence-electron chi connectivity index (χ0n) is 18.4. The second-order valence-corrected chi connectivity index (χ2v) is 10.2. The first-order valence-corrected chi connectivity index (χ1v) is 12.3. The Kier molecular flexibility index (Phi) is 8.04. The minimum atomic E-state index is -3.45. The van der Waals surface area contributed by atoms with Crippen LogP contribution in [0, 0.1) is 13.8 Å². The summed E-state index contributed by atoms with van der Waals surface area (Å²) in [6, 6.07) is 5.02. The maximum Gasteiger partial charge on any atom is 0.325 e. The lowest BCUT2D eigenvalue weighted by molar-refractivity contribution is -0.121. The standard InChI is InChI=1S/C21H33N5O4S/c1-17-8-7-9-19(18(17)2)22-21(28)23-20(27)16-24-12-14-26(15-13-24)31(29,30)25-10-5-3-4-6-11-25/h7-9H,3-6,10-16H2,1-2H3,(H2,22,23,27,28). The van der Waals surface area contributed by atoms with Gasteiger partial charge >= 0.3 is 6.03 Å². The highest BCUT2D eigenvalue weighted by molar-refractivity contribution is 7.86. The van der Waals surface area contributed by atoms with Gasteiger partial charge in [0.15, 0.2) is 0 Å². The summed E-state index contributed by atoms with van der Waals surface area (Å²) in [6.45, 7) is 6.70. The number of imide groups is 1. The van der Waals surface area contributed by atoms with Gasteiger partial charge in [-0.25, -0.2) is 4.79 Å². The second-order valence-electron chi connectivity index (χ2n) is 8.25. The van der Waals surface area contributed by atoms with Crippen LogP contribution in [0.15, 0.2) is 18.2 Å². The van der Waals surface area contributed by atoms with Crippen molar-refractivity contribution in [3.05, 3.63) is 29.3 Å². The van der Waals surface area contributed by atoms with Crippen molar-refractivity contribution < 1.29 is 18.0 Å². The molecular weight excluding hydrogens is 418 g/mol. The van der Waals surface area contributed by atoms with Gasteiger partial charge in [0.2, 0.25) is 5.91 Å². The number of urea groups is 1. The molecule has 10 heteroatoms. The number of carbonyl (C=O) groups is 2. The number of carbonyl (C=O) groups excluding carboxylic acids is 2. The van der Waals surface area contributed by atoms with Crippen LogP contribution in [0.25, 0.3) is 0 Å². The van der Waals surface area contributed by atoms with Crippen molar-refractivity contribution in [3.63, 3.8) is 0 Å². The highest BCUT2D eigenvalue weighted by Crippen LogP contribution is 2.19. The maximum atomic E-state index is 12.9. The minimum absolute atomic E-state index is 0.0534. The molecule has 0 bridgehead atoms. The Hall–Kier alpha value is -2.01. The maximum absolute atomic E-state index is 12.9. The van der Waals surface area contributed by atoms with Gasteiger partial charge < -0.3 is 5.32 Å². The average molecular weight is 452 g/mol. The van der Waals surface area contributed by atoms with E-state index in [2.05, 4.69) is 10.6 Å². The van der Waals surface area contributed by atoms with E-state index in [1.54, 1.807) is 10.4 Å². The van der Waals surface area contributed by atoms with Crippen LogP contribution in [0.2, 0.25) is 0 Å². The van der Waals surface area contributed by atoms with Crippen molar-refractivity contribution in [2.45, 2.75) is 39.5 Å². The molecule has 0 saturated carbocycles. The molecule has 2 aliphatic rings. The molecule has 3 amide bonds. The molecule has 2 N–H and O–H groups in total. The molecule has 2 heterocycles. The number of rotatable bonds is 5. The lowest BCUT2D eigenvalue weighted by Gasteiger charge is -2.36. The molecule has 9 nitrogen and oxygen atoms in total. The number of nitrogens with one attached hydrogen (secondary N) is 2. The molecular formula is C21H33N5O4S. The molecule has 3 rings (SSSR count). The van der Waals surface area contributed by atoms with Gasteiger partial charge in [-0.1, -0.05) is 25.0 Å². The van der Waals surface area contributed by atoms with Crippen molar-refractivity contribution in [3.8, 4) is 0 Å². The van der Waals surface area contributed by atoms with E-state index in [9.17, 15) is 18.0 Å². The molecule has 2 saturated heterocycles.